The van der Waals surface area contributed by atoms with Crippen molar-refractivity contribution in [1.82, 2.24) is 0 Å². The van der Waals surface area contributed by atoms with Crippen molar-refractivity contribution in [2.45, 2.75) is 4.90 Å². The van der Waals surface area contributed by atoms with Gasteiger partial charge in [0.2, 0.25) is 0 Å². The molecule has 2 amide bonds. The van der Waals surface area contributed by atoms with Crippen LogP contribution in [0.5, 0.6) is 0 Å². The zero-order valence-corrected chi connectivity index (χ0v) is 15.7. The summed E-state index contributed by atoms with van der Waals surface area (Å²) in [6.45, 7) is 0. The Kier molecular flexibility index (Phi) is 5.47. The molecule has 0 saturated carbocycles. The third-order valence-corrected chi connectivity index (χ3v) is 5.76. The number of benzene rings is 2. The molecule has 1 aliphatic heterocycles. The van der Waals surface area contributed by atoms with Crippen LogP contribution in [0.15, 0.2) is 57.7 Å². The van der Waals surface area contributed by atoms with E-state index in [1.165, 1.54) is 23.9 Å². The number of hydrogen-bond acceptors (Lipinski definition) is 4. The molecule has 0 aliphatic carbocycles. The molecule has 0 spiro atoms. The van der Waals surface area contributed by atoms with Crippen LogP contribution < -0.4 is 4.90 Å². The average Bonchev–Trinajstić information content (AvgIpc) is 2.81. The van der Waals surface area contributed by atoms with E-state index < -0.39 is 11.1 Å². The number of thioether (sulfide) groups is 2. The first-order valence-corrected chi connectivity index (χ1v) is 9.43. The van der Waals surface area contributed by atoms with E-state index in [4.69, 9.17) is 34.8 Å². The fraction of sp³-hybridized carbons (Fsp3) is 0. The Morgan fingerprint density at radius 3 is 2.25 bits per heavy atom. The van der Waals surface area contributed by atoms with Gasteiger partial charge in [-0.2, -0.15) is 0 Å². The molecular weight excluding hydrogens is 409 g/mol. The molecule has 3 rings (SSSR count). The zero-order chi connectivity index (χ0) is 17.3. The summed E-state index contributed by atoms with van der Waals surface area (Å²) in [7, 11) is 0. The van der Waals surface area contributed by atoms with E-state index >= 15 is 0 Å². The first kappa shape index (κ1) is 17.7. The molecule has 0 bridgehead atoms. The summed E-state index contributed by atoms with van der Waals surface area (Å²) in [4.78, 5) is 27.1. The highest BCUT2D eigenvalue weighted by atomic mass is 35.5. The first-order valence-electron chi connectivity index (χ1n) is 6.60. The standard InChI is InChI=1S/C16H8Cl3NO2S2/c17-9-6-11(18)14(12(19)7-9)20-15(21)13(24-16(20)22)8-23-10-4-2-1-3-5-10/h1-8H/b13-8+. The van der Waals surface area contributed by atoms with Crippen molar-refractivity contribution in [2.24, 2.45) is 0 Å². The van der Waals surface area contributed by atoms with Crippen molar-refractivity contribution in [3.05, 3.63) is 67.8 Å². The smallest absolute Gasteiger partial charge is 0.268 e. The molecule has 0 aromatic heterocycles. The summed E-state index contributed by atoms with van der Waals surface area (Å²) < 4.78 is 0. The zero-order valence-electron chi connectivity index (χ0n) is 11.8. The van der Waals surface area contributed by atoms with Crippen molar-refractivity contribution < 1.29 is 9.59 Å². The highest BCUT2D eigenvalue weighted by Crippen LogP contribution is 2.43. The maximum atomic E-state index is 12.6. The molecule has 0 atom stereocenters. The fourth-order valence-corrected chi connectivity index (χ4v) is 4.63. The minimum Gasteiger partial charge on any atom is -0.268 e. The molecule has 1 saturated heterocycles. The van der Waals surface area contributed by atoms with Gasteiger partial charge in [0.25, 0.3) is 11.1 Å². The van der Waals surface area contributed by atoms with Crippen LogP contribution in [0.25, 0.3) is 0 Å². The minimum atomic E-state index is -0.459. The van der Waals surface area contributed by atoms with Gasteiger partial charge in [0.05, 0.1) is 20.6 Å². The molecule has 1 fully saturated rings. The molecule has 1 heterocycles. The Balaban J connectivity index is 1.90. The number of carbonyl (C=O) groups is 2. The number of carbonyl (C=O) groups excluding carboxylic acids is 2. The van der Waals surface area contributed by atoms with Crippen LogP contribution in [-0.2, 0) is 4.79 Å². The van der Waals surface area contributed by atoms with E-state index in [-0.39, 0.29) is 15.7 Å². The quantitative estimate of drug-likeness (QED) is 0.424. The summed E-state index contributed by atoms with van der Waals surface area (Å²) in [6, 6.07) is 12.4. The molecule has 3 nitrogen and oxygen atoms in total. The Hall–Kier alpha value is -1.11. The van der Waals surface area contributed by atoms with Crippen molar-refractivity contribution in [1.29, 1.82) is 0 Å². The second kappa shape index (κ2) is 7.42. The number of imide groups is 1. The molecule has 2 aromatic rings. The van der Waals surface area contributed by atoms with E-state index in [1.807, 2.05) is 30.3 Å². The van der Waals surface area contributed by atoms with Crippen LogP contribution in [0, 0.1) is 0 Å². The van der Waals surface area contributed by atoms with Crippen LogP contribution in [-0.4, -0.2) is 11.1 Å². The molecule has 0 unspecified atom stereocenters. The van der Waals surface area contributed by atoms with E-state index in [2.05, 4.69) is 0 Å². The van der Waals surface area contributed by atoms with Gasteiger partial charge >= 0.3 is 0 Å². The number of nitrogens with zero attached hydrogens (tertiary/aromatic N) is 1. The average molecular weight is 417 g/mol. The largest absolute Gasteiger partial charge is 0.298 e. The van der Waals surface area contributed by atoms with E-state index in [0.717, 1.165) is 21.6 Å². The minimum absolute atomic E-state index is 0.145. The van der Waals surface area contributed by atoms with Gasteiger partial charge < -0.3 is 0 Å². The predicted molar refractivity (Wildman–Crippen MR) is 102 cm³/mol. The monoisotopic (exact) mass is 415 g/mol. The summed E-state index contributed by atoms with van der Waals surface area (Å²) >= 11 is 20.3. The maximum Gasteiger partial charge on any atom is 0.298 e. The lowest BCUT2D eigenvalue weighted by Crippen LogP contribution is -2.28. The van der Waals surface area contributed by atoms with Crippen molar-refractivity contribution in [3.8, 4) is 0 Å². The van der Waals surface area contributed by atoms with Gasteiger partial charge in [-0.3, -0.25) is 9.59 Å². The fourth-order valence-electron chi connectivity index (χ4n) is 2.01. The van der Waals surface area contributed by atoms with Crippen LogP contribution in [0.4, 0.5) is 10.5 Å². The summed E-state index contributed by atoms with van der Waals surface area (Å²) in [5, 5.41) is 1.82. The van der Waals surface area contributed by atoms with Gasteiger partial charge in [-0.05, 0) is 41.4 Å². The third kappa shape index (κ3) is 3.60. The van der Waals surface area contributed by atoms with Gasteiger partial charge in [0, 0.05) is 9.92 Å². The topological polar surface area (TPSA) is 37.4 Å². The number of hydrogen-bond donors (Lipinski definition) is 0. The molecular formula is C16H8Cl3NO2S2. The number of amides is 2. The highest BCUT2D eigenvalue weighted by molar-refractivity contribution is 8.19. The Bertz CT molecular complexity index is 833. The lowest BCUT2D eigenvalue weighted by atomic mass is 10.3. The molecule has 8 heteroatoms. The molecule has 1 aliphatic rings. The SMILES string of the molecule is O=C1S/C(=C/Sc2ccccc2)C(=O)N1c1c(Cl)cc(Cl)cc1Cl. The molecule has 122 valence electrons. The number of anilines is 1. The lowest BCUT2D eigenvalue weighted by molar-refractivity contribution is -0.113. The highest BCUT2D eigenvalue weighted by Gasteiger charge is 2.38. The Labute approximate surface area is 161 Å². The van der Waals surface area contributed by atoms with E-state index in [9.17, 15) is 9.59 Å². The second-order valence-corrected chi connectivity index (χ2v) is 7.83. The number of halogens is 3. The van der Waals surface area contributed by atoms with Crippen molar-refractivity contribution >= 4 is 75.2 Å². The normalized spacial score (nSPS) is 16.3. The van der Waals surface area contributed by atoms with Crippen LogP contribution in [0.2, 0.25) is 15.1 Å². The Morgan fingerprint density at radius 1 is 1.00 bits per heavy atom. The lowest BCUT2D eigenvalue weighted by Gasteiger charge is -2.16. The summed E-state index contributed by atoms with van der Waals surface area (Å²) in [5.74, 6) is -0.459. The van der Waals surface area contributed by atoms with Crippen molar-refractivity contribution in [3.63, 3.8) is 0 Å². The molecule has 2 aromatic carbocycles. The van der Waals surface area contributed by atoms with Gasteiger partial charge in [-0.25, -0.2) is 4.90 Å². The molecule has 0 radical (unpaired) electrons. The summed E-state index contributed by atoms with van der Waals surface area (Å²) in [5.41, 5.74) is 0.151. The van der Waals surface area contributed by atoms with Crippen LogP contribution in [0.3, 0.4) is 0 Å². The van der Waals surface area contributed by atoms with Gasteiger partial charge in [-0.15, -0.1) is 0 Å². The van der Waals surface area contributed by atoms with Crippen LogP contribution in [0.1, 0.15) is 0 Å². The maximum absolute atomic E-state index is 12.6. The third-order valence-electron chi connectivity index (χ3n) is 3.04. The van der Waals surface area contributed by atoms with Gasteiger partial charge in [-0.1, -0.05) is 64.8 Å². The van der Waals surface area contributed by atoms with E-state index in [1.54, 1.807) is 5.41 Å². The van der Waals surface area contributed by atoms with Gasteiger partial charge in [0.1, 0.15) is 0 Å². The summed E-state index contributed by atoms with van der Waals surface area (Å²) in [6.07, 6.45) is 0. The van der Waals surface area contributed by atoms with Crippen LogP contribution >= 0.6 is 58.3 Å². The number of rotatable bonds is 3. The molecule has 24 heavy (non-hydrogen) atoms. The van der Waals surface area contributed by atoms with E-state index in [0.29, 0.717) is 9.93 Å². The van der Waals surface area contributed by atoms with Gasteiger partial charge in [0.15, 0.2) is 0 Å². The van der Waals surface area contributed by atoms with Crippen molar-refractivity contribution in [2.75, 3.05) is 4.90 Å². The second-order valence-electron chi connectivity index (χ2n) is 4.64. The predicted octanol–water partition coefficient (Wildman–Crippen LogP) is 6.48. The first-order chi connectivity index (χ1) is 11.5. The molecule has 0 N–H and O–H groups in total. The Morgan fingerprint density at radius 2 is 1.62 bits per heavy atom.